The van der Waals surface area contributed by atoms with Gasteiger partial charge in [0, 0.05) is 17.1 Å². The van der Waals surface area contributed by atoms with Crippen molar-refractivity contribution in [3.8, 4) is 5.75 Å². The monoisotopic (exact) mass is 241 g/mol. The topological polar surface area (TPSA) is 12.5 Å². The van der Waals surface area contributed by atoms with Gasteiger partial charge in [-0.1, -0.05) is 11.6 Å². The van der Waals surface area contributed by atoms with Crippen LogP contribution in [0.5, 0.6) is 5.75 Å². The van der Waals surface area contributed by atoms with Crippen LogP contribution in [-0.2, 0) is 6.54 Å². The predicted molar refractivity (Wildman–Crippen MR) is 69.6 cm³/mol. The highest BCUT2D eigenvalue weighted by atomic mass is 35.5. The molecule has 0 saturated carbocycles. The summed E-state index contributed by atoms with van der Waals surface area (Å²) < 4.78 is 5.51. The van der Waals surface area contributed by atoms with E-state index in [2.05, 4.69) is 18.7 Å². The van der Waals surface area contributed by atoms with Crippen LogP contribution in [0.15, 0.2) is 0 Å². The lowest BCUT2D eigenvalue weighted by Gasteiger charge is -2.21. The van der Waals surface area contributed by atoms with Crippen molar-refractivity contribution < 1.29 is 4.74 Å². The van der Waals surface area contributed by atoms with Gasteiger partial charge >= 0.3 is 0 Å². The van der Waals surface area contributed by atoms with Gasteiger partial charge in [0.1, 0.15) is 5.75 Å². The van der Waals surface area contributed by atoms with Crippen molar-refractivity contribution in [2.45, 2.75) is 27.3 Å². The highest BCUT2D eigenvalue weighted by molar-refractivity contribution is 6.32. The molecule has 1 aromatic carbocycles. The predicted octanol–water partition coefficient (Wildman–Crippen LogP) is 3.34. The second kappa shape index (κ2) is 5.07. The second-order valence-electron chi connectivity index (χ2n) is 4.44. The van der Waals surface area contributed by atoms with Crippen molar-refractivity contribution in [3.63, 3.8) is 0 Å². The van der Waals surface area contributed by atoms with Gasteiger partial charge in [-0.15, -0.1) is 0 Å². The number of hydrogen-bond donors (Lipinski definition) is 0. The molecule has 0 atom stereocenters. The molecule has 0 aliphatic carbocycles. The minimum atomic E-state index is 0.843. The van der Waals surface area contributed by atoms with Gasteiger partial charge in [-0.2, -0.15) is 0 Å². The Morgan fingerprint density at radius 1 is 1.06 bits per heavy atom. The van der Waals surface area contributed by atoms with Gasteiger partial charge in [-0.05, 0) is 51.6 Å². The Labute approximate surface area is 103 Å². The average molecular weight is 242 g/mol. The number of nitrogens with zero attached hydrogens (tertiary/aromatic N) is 1. The molecule has 90 valence electrons. The molecule has 0 radical (unpaired) electrons. The van der Waals surface area contributed by atoms with Gasteiger partial charge < -0.3 is 9.64 Å². The van der Waals surface area contributed by atoms with E-state index in [0.29, 0.717) is 0 Å². The van der Waals surface area contributed by atoms with E-state index in [-0.39, 0.29) is 0 Å². The Hall–Kier alpha value is -0.730. The third kappa shape index (κ3) is 2.33. The maximum absolute atomic E-state index is 6.33. The standard InChI is InChI=1S/C13H20ClNO/c1-8-9(2)13(16-6)11(7-15(4)5)10(3)12(8)14/h7H2,1-6H3. The number of halogens is 1. The number of hydrogen-bond acceptors (Lipinski definition) is 2. The van der Waals surface area contributed by atoms with E-state index in [1.165, 1.54) is 5.56 Å². The molecule has 0 amide bonds. The Morgan fingerprint density at radius 2 is 1.62 bits per heavy atom. The zero-order valence-corrected chi connectivity index (χ0v) is 11.7. The molecule has 0 aromatic heterocycles. The summed E-state index contributed by atoms with van der Waals surface area (Å²) in [6, 6.07) is 0. The van der Waals surface area contributed by atoms with Crippen LogP contribution in [0.4, 0.5) is 0 Å². The van der Waals surface area contributed by atoms with Crippen LogP contribution in [0.25, 0.3) is 0 Å². The molecular weight excluding hydrogens is 222 g/mol. The van der Waals surface area contributed by atoms with E-state index < -0.39 is 0 Å². The smallest absolute Gasteiger partial charge is 0.126 e. The molecule has 0 saturated heterocycles. The Balaban J connectivity index is 3.44. The number of ether oxygens (including phenoxy) is 1. The second-order valence-corrected chi connectivity index (χ2v) is 4.82. The summed E-state index contributed by atoms with van der Waals surface area (Å²) in [5.74, 6) is 0.966. The van der Waals surface area contributed by atoms with Crippen molar-refractivity contribution in [2.75, 3.05) is 21.2 Å². The van der Waals surface area contributed by atoms with Crippen LogP contribution >= 0.6 is 11.6 Å². The molecule has 0 aliphatic heterocycles. The molecule has 16 heavy (non-hydrogen) atoms. The van der Waals surface area contributed by atoms with E-state index in [1.54, 1.807) is 7.11 Å². The zero-order valence-electron chi connectivity index (χ0n) is 10.9. The van der Waals surface area contributed by atoms with Gasteiger partial charge in [0.05, 0.1) is 7.11 Å². The molecule has 0 fully saturated rings. The van der Waals surface area contributed by atoms with E-state index in [4.69, 9.17) is 16.3 Å². The van der Waals surface area contributed by atoms with E-state index in [9.17, 15) is 0 Å². The Bertz CT molecular complexity index is 400. The molecule has 0 spiro atoms. The van der Waals surface area contributed by atoms with Crippen molar-refractivity contribution in [1.29, 1.82) is 0 Å². The van der Waals surface area contributed by atoms with Gasteiger partial charge in [0.15, 0.2) is 0 Å². The van der Waals surface area contributed by atoms with Crippen LogP contribution in [-0.4, -0.2) is 26.1 Å². The van der Waals surface area contributed by atoms with Crippen LogP contribution in [0.2, 0.25) is 5.02 Å². The third-order valence-electron chi connectivity index (χ3n) is 2.97. The molecule has 3 heteroatoms. The first-order valence-electron chi connectivity index (χ1n) is 5.37. The fourth-order valence-corrected chi connectivity index (χ4v) is 2.18. The van der Waals surface area contributed by atoms with E-state index in [1.807, 2.05) is 21.0 Å². The Morgan fingerprint density at radius 3 is 2.06 bits per heavy atom. The number of methoxy groups -OCH3 is 1. The lowest BCUT2D eigenvalue weighted by atomic mass is 9.98. The summed E-state index contributed by atoms with van der Waals surface area (Å²) in [6.45, 7) is 6.98. The van der Waals surface area contributed by atoms with Crippen LogP contribution in [0.3, 0.4) is 0 Å². The minimum absolute atomic E-state index is 0.843. The summed E-state index contributed by atoms with van der Waals surface area (Å²) in [7, 11) is 5.80. The van der Waals surface area contributed by atoms with Gasteiger partial charge in [0.2, 0.25) is 0 Å². The maximum atomic E-state index is 6.33. The lowest BCUT2D eigenvalue weighted by Crippen LogP contribution is -2.14. The van der Waals surface area contributed by atoms with Crippen LogP contribution in [0.1, 0.15) is 22.3 Å². The summed E-state index contributed by atoms with van der Waals surface area (Å²) in [6.07, 6.45) is 0. The number of rotatable bonds is 3. The normalized spacial score (nSPS) is 11.0. The fourth-order valence-electron chi connectivity index (χ4n) is 1.93. The summed E-state index contributed by atoms with van der Waals surface area (Å²) >= 11 is 6.33. The third-order valence-corrected chi connectivity index (χ3v) is 3.53. The van der Waals surface area contributed by atoms with Gasteiger partial charge in [-0.3, -0.25) is 0 Å². The quantitative estimate of drug-likeness (QED) is 0.805. The first-order valence-corrected chi connectivity index (χ1v) is 5.74. The fraction of sp³-hybridized carbons (Fsp3) is 0.538. The highest BCUT2D eigenvalue weighted by Gasteiger charge is 2.17. The van der Waals surface area contributed by atoms with Crippen LogP contribution < -0.4 is 4.74 Å². The average Bonchev–Trinajstić information content (AvgIpc) is 2.23. The van der Waals surface area contributed by atoms with Crippen LogP contribution in [0, 0.1) is 20.8 Å². The van der Waals surface area contributed by atoms with Crippen molar-refractivity contribution in [1.82, 2.24) is 4.90 Å². The zero-order chi connectivity index (χ0) is 12.5. The summed E-state index contributed by atoms with van der Waals surface area (Å²) in [5.41, 5.74) is 4.55. The largest absolute Gasteiger partial charge is 0.496 e. The first kappa shape index (κ1) is 13.3. The lowest BCUT2D eigenvalue weighted by molar-refractivity contribution is 0.369. The number of benzene rings is 1. The SMILES string of the molecule is COc1c(C)c(C)c(Cl)c(C)c1CN(C)C. The Kier molecular flexibility index (Phi) is 4.22. The molecule has 0 unspecified atom stereocenters. The highest BCUT2D eigenvalue weighted by Crippen LogP contribution is 2.36. The maximum Gasteiger partial charge on any atom is 0.126 e. The molecule has 0 heterocycles. The molecule has 0 bridgehead atoms. The molecule has 1 rings (SSSR count). The summed E-state index contributed by atoms with van der Waals surface area (Å²) in [4.78, 5) is 2.12. The molecule has 2 nitrogen and oxygen atoms in total. The summed E-state index contributed by atoms with van der Waals surface area (Å²) in [5, 5.41) is 0.857. The van der Waals surface area contributed by atoms with Gasteiger partial charge in [-0.25, -0.2) is 0 Å². The van der Waals surface area contributed by atoms with Crippen molar-refractivity contribution in [2.24, 2.45) is 0 Å². The molecule has 1 aromatic rings. The van der Waals surface area contributed by atoms with E-state index in [0.717, 1.165) is 34.0 Å². The first-order chi connectivity index (χ1) is 7.40. The molecule has 0 N–H and O–H groups in total. The minimum Gasteiger partial charge on any atom is -0.496 e. The van der Waals surface area contributed by atoms with E-state index >= 15 is 0 Å². The molecular formula is C13H20ClNO. The molecule has 0 aliphatic rings. The van der Waals surface area contributed by atoms with Crippen molar-refractivity contribution in [3.05, 3.63) is 27.3 Å². The van der Waals surface area contributed by atoms with Crippen molar-refractivity contribution >= 4 is 11.6 Å². The van der Waals surface area contributed by atoms with Gasteiger partial charge in [0.25, 0.3) is 0 Å².